The van der Waals surface area contributed by atoms with Crippen molar-refractivity contribution in [1.29, 1.82) is 0 Å². The van der Waals surface area contributed by atoms with E-state index in [4.69, 9.17) is 5.73 Å². The first-order valence-electron chi connectivity index (χ1n) is 6.23. The molecular formula is C14H19N4O+. The van der Waals surface area contributed by atoms with Crippen molar-refractivity contribution in [1.82, 2.24) is 9.88 Å². The third-order valence-corrected chi connectivity index (χ3v) is 2.89. The highest BCUT2D eigenvalue weighted by Crippen LogP contribution is 2.06. The van der Waals surface area contributed by atoms with Crippen molar-refractivity contribution in [3.8, 4) is 0 Å². The summed E-state index contributed by atoms with van der Waals surface area (Å²) in [5.74, 6) is -0.135. The second kappa shape index (κ2) is 6.15. The lowest BCUT2D eigenvalue weighted by atomic mass is 10.1. The molecular weight excluding hydrogens is 240 g/mol. The number of hydrogen-bond donors (Lipinski definition) is 2. The summed E-state index contributed by atoms with van der Waals surface area (Å²) in [7, 11) is 2.00. The molecule has 0 aliphatic rings. The fourth-order valence-electron chi connectivity index (χ4n) is 1.84. The smallest absolute Gasteiger partial charge is 0.243 e. The number of nitrogens with two attached hydrogens (primary N) is 1. The summed E-state index contributed by atoms with van der Waals surface area (Å²) in [6, 6.07) is 8.19. The summed E-state index contributed by atoms with van der Waals surface area (Å²) >= 11 is 0. The Morgan fingerprint density at radius 3 is 2.58 bits per heavy atom. The minimum atomic E-state index is -0.135. The van der Waals surface area contributed by atoms with Crippen LogP contribution in [0.25, 0.3) is 0 Å². The van der Waals surface area contributed by atoms with Crippen LogP contribution in [0.2, 0.25) is 0 Å². The quantitative estimate of drug-likeness (QED) is 0.739. The number of aromatic nitrogens is 2. The first-order chi connectivity index (χ1) is 9.17. The van der Waals surface area contributed by atoms with Crippen molar-refractivity contribution in [3.05, 3.63) is 54.1 Å². The van der Waals surface area contributed by atoms with Crippen LogP contribution in [0.1, 0.15) is 11.1 Å². The van der Waals surface area contributed by atoms with Crippen molar-refractivity contribution in [2.45, 2.75) is 13.1 Å². The molecule has 1 aromatic carbocycles. The molecule has 1 heterocycles. The molecule has 0 aliphatic carbocycles. The van der Waals surface area contributed by atoms with Gasteiger partial charge in [0.25, 0.3) is 0 Å². The Balaban J connectivity index is 1.92. The topological polar surface area (TPSA) is 63.9 Å². The average Bonchev–Trinajstić information content (AvgIpc) is 2.83. The molecule has 2 aromatic rings. The van der Waals surface area contributed by atoms with E-state index in [2.05, 4.69) is 22.0 Å². The van der Waals surface area contributed by atoms with E-state index in [1.165, 1.54) is 5.56 Å². The van der Waals surface area contributed by atoms with Crippen LogP contribution < -0.4 is 15.6 Å². The van der Waals surface area contributed by atoms with Gasteiger partial charge in [-0.25, -0.2) is 9.13 Å². The number of hydrogen-bond acceptors (Lipinski definition) is 2. The number of nitrogens with one attached hydrogen (secondary N) is 1. The van der Waals surface area contributed by atoms with Gasteiger partial charge in [0.2, 0.25) is 12.2 Å². The molecule has 0 saturated carbocycles. The van der Waals surface area contributed by atoms with Crippen molar-refractivity contribution in [2.75, 3.05) is 6.54 Å². The maximum Gasteiger partial charge on any atom is 0.243 e. The molecule has 19 heavy (non-hydrogen) atoms. The lowest BCUT2D eigenvalue weighted by Crippen LogP contribution is -2.29. The largest absolute Gasteiger partial charge is 0.351 e. The maximum absolute atomic E-state index is 11.1. The Bertz CT molecular complexity index is 545. The van der Waals surface area contributed by atoms with Crippen molar-refractivity contribution in [2.24, 2.45) is 12.8 Å². The number of rotatable bonds is 5. The van der Waals surface area contributed by atoms with Gasteiger partial charge in [-0.2, -0.15) is 0 Å². The standard InChI is InChI=1S/C14H18N4O/c1-17-6-7-18(11-17)10-13-4-2-12(3-5-13)9-16-14(19)8-15/h2-7,11H,8-10,15H2,1H3/p+1. The molecule has 5 nitrogen and oxygen atoms in total. The van der Waals surface area contributed by atoms with Crippen molar-refractivity contribution < 1.29 is 9.36 Å². The lowest BCUT2D eigenvalue weighted by Gasteiger charge is -2.04. The zero-order valence-corrected chi connectivity index (χ0v) is 11.0. The van der Waals surface area contributed by atoms with Crippen LogP contribution in [0.15, 0.2) is 43.0 Å². The number of aryl methyl sites for hydroxylation is 1. The van der Waals surface area contributed by atoms with Gasteiger partial charge in [-0.05, 0) is 11.1 Å². The molecule has 5 heteroatoms. The fraction of sp³-hybridized carbons (Fsp3) is 0.286. The van der Waals surface area contributed by atoms with Crippen LogP contribution in [0.5, 0.6) is 0 Å². The molecule has 0 atom stereocenters. The van der Waals surface area contributed by atoms with Crippen LogP contribution >= 0.6 is 0 Å². The third-order valence-electron chi connectivity index (χ3n) is 2.89. The van der Waals surface area contributed by atoms with Crippen LogP contribution in [0, 0.1) is 0 Å². The number of imidazole rings is 1. The average molecular weight is 259 g/mol. The number of carbonyl (C=O) groups is 1. The Hall–Kier alpha value is -2.14. The van der Waals surface area contributed by atoms with E-state index in [1.54, 1.807) is 0 Å². The van der Waals surface area contributed by atoms with Gasteiger partial charge in [0, 0.05) is 6.54 Å². The van der Waals surface area contributed by atoms with E-state index < -0.39 is 0 Å². The predicted octanol–water partition coefficient (Wildman–Crippen LogP) is -0.0642. The minimum Gasteiger partial charge on any atom is -0.351 e. The summed E-state index contributed by atoms with van der Waals surface area (Å²) in [5.41, 5.74) is 7.53. The van der Waals surface area contributed by atoms with E-state index in [-0.39, 0.29) is 12.5 Å². The molecule has 0 spiro atoms. The van der Waals surface area contributed by atoms with Gasteiger partial charge in [-0.1, -0.05) is 24.3 Å². The van der Waals surface area contributed by atoms with E-state index >= 15 is 0 Å². The molecule has 2 rings (SSSR count). The molecule has 0 aliphatic heterocycles. The van der Waals surface area contributed by atoms with E-state index in [0.29, 0.717) is 6.54 Å². The second-order valence-corrected chi connectivity index (χ2v) is 4.55. The van der Waals surface area contributed by atoms with Gasteiger partial charge in [-0.15, -0.1) is 0 Å². The molecule has 1 aromatic heterocycles. The highest BCUT2D eigenvalue weighted by atomic mass is 16.1. The molecule has 0 bridgehead atoms. The third kappa shape index (κ3) is 3.93. The molecule has 0 radical (unpaired) electrons. The van der Waals surface area contributed by atoms with Gasteiger partial charge in [-0.3, -0.25) is 4.79 Å². The molecule has 100 valence electrons. The minimum absolute atomic E-state index is 0.0305. The highest BCUT2D eigenvalue weighted by molar-refractivity contribution is 5.77. The predicted molar refractivity (Wildman–Crippen MR) is 72.1 cm³/mol. The lowest BCUT2D eigenvalue weighted by molar-refractivity contribution is -0.671. The monoisotopic (exact) mass is 259 g/mol. The number of nitrogens with zero attached hydrogens (tertiary/aromatic N) is 2. The summed E-state index contributed by atoms with van der Waals surface area (Å²) in [5, 5.41) is 2.75. The SMILES string of the molecule is C[n+]1ccn(Cc2ccc(CNC(=O)CN)cc2)c1. The van der Waals surface area contributed by atoms with Crippen molar-refractivity contribution in [3.63, 3.8) is 0 Å². The van der Waals surface area contributed by atoms with Gasteiger partial charge < -0.3 is 11.1 Å². The highest BCUT2D eigenvalue weighted by Gasteiger charge is 2.02. The molecule has 0 unspecified atom stereocenters. The molecule has 3 N–H and O–H groups in total. The molecule has 0 saturated heterocycles. The number of carbonyl (C=O) groups excluding carboxylic acids is 1. The zero-order chi connectivity index (χ0) is 13.7. The Labute approximate surface area is 112 Å². The van der Waals surface area contributed by atoms with Gasteiger partial charge in [0.05, 0.1) is 13.6 Å². The summed E-state index contributed by atoms with van der Waals surface area (Å²) in [6.07, 6.45) is 6.08. The zero-order valence-electron chi connectivity index (χ0n) is 11.0. The Morgan fingerprint density at radius 2 is 2.00 bits per heavy atom. The summed E-state index contributed by atoms with van der Waals surface area (Å²) in [6.45, 7) is 1.40. The van der Waals surface area contributed by atoms with Crippen LogP contribution in [0.4, 0.5) is 0 Å². The van der Waals surface area contributed by atoms with E-state index in [0.717, 1.165) is 12.1 Å². The fourth-order valence-corrected chi connectivity index (χ4v) is 1.84. The summed E-state index contributed by atoms with van der Waals surface area (Å²) < 4.78 is 4.13. The number of amides is 1. The molecule has 0 fully saturated rings. The first kappa shape index (κ1) is 13.3. The normalized spacial score (nSPS) is 10.4. The van der Waals surface area contributed by atoms with Crippen LogP contribution in [-0.4, -0.2) is 17.0 Å². The van der Waals surface area contributed by atoms with E-state index in [9.17, 15) is 4.79 Å². The Morgan fingerprint density at radius 1 is 1.32 bits per heavy atom. The Kier molecular flexibility index (Phi) is 4.30. The second-order valence-electron chi connectivity index (χ2n) is 4.55. The van der Waals surface area contributed by atoms with Crippen LogP contribution in [-0.2, 0) is 24.9 Å². The van der Waals surface area contributed by atoms with Gasteiger partial charge >= 0.3 is 0 Å². The van der Waals surface area contributed by atoms with Crippen molar-refractivity contribution >= 4 is 5.91 Å². The van der Waals surface area contributed by atoms with Crippen LogP contribution in [0.3, 0.4) is 0 Å². The number of benzene rings is 1. The van der Waals surface area contributed by atoms with Gasteiger partial charge in [0.1, 0.15) is 18.9 Å². The van der Waals surface area contributed by atoms with E-state index in [1.807, 2.05) is 42.5 Å². The first-order valence-corrected chi connectivity index (χ1v) is 6.23. The molecule has 1 amide bonds. The maximum atomic E-state index is 11.1. The summed E-state index contributed by atoms with van der Waals surface area (Å²) in [4.78, 5) is 11.1. The van der Waals surface area contributed by atoms with Gasteiger partial charge in [0.15, 0.2) is 0 Å².